The van der Waals surface area contributed by atoms with E-state index in [9.17, 15) is 18.0 Å². The molecule has 0 aliphatic carbocycles. The van der Waals surface area contributed by atoms with E-state index in [-0.39, 0.29) is 35.0 Å². The fourth-order valence-electron chi connectivity index (χ4n) is 3.28. The number of ketones is 1. The largest absolute Gasteiger partial charge is 0.341 e. The molecular formula is C25H34N2O4S. The molecule has 0 unspecified atom stereocenters. The molecule has 0 aliphatic heterocycles. The van der Waals surface area contributed by atoms with Crippen LogP contribution in [0.2, 0.25) is 0 Å². The molecule has 0 saturated heterocycles. The van der Waals surface area contributed by atoms with Crippen LogP contribution in [0, 0.1) is 0 Å². The SMILES string of the molecule is CC(=O)c1ccc(S(=O)(=O)N(C)CCCC(=O)N(C)Cc2ccc(C(C)(C)C)cc2)cc1. The highest BCUT2D eigenvalue weighted by Crippen LogP contribution is 2.22. The first-order valence-corrected chi connectivity index (χ1v) is 12.2. The lowest BCUT2D eigenvalue weighted by Gasteiger charge is -2.21. The van der Waals surface area contributed by atoms with E-state index in [1.165, 1.54) is 48.1 Å². The van der Waals surface area contributed by atoms with Crippen LogP contribution >= 0.6 is 0 Å². The summed E-state index contributed by atoms with van der Waals surface area (Å²) in [4.78, 5) is 25.7. The van der Waals surface area contributed by atoms with E-state index in [0.717, 1.165) is 5.56 Å². The maximum atomic E-state index is 12.7. The monoisotopic (exact) mass is 458 g/mol. The zero-order valence-corrected chi connectivity index (χ0v) is 20.7. The van der Waals surface area contributed by atoms with Crippen LogP contribution in [0.5, 0.6) is 0 Å². The normalized spacial score (nSPS) is 12.1. The topological polar surface area (TPSA) is 74.8 Å². The molecule has 6 nitrogen and oxygen atoms in total. The molecule has 2 rings (SSSR count). The Morgan fingerprint density at radius 3 is 1.97 bits per heavy atom. The molecular weight excluding hydrogens is 424 g/mol. The average Bonchev–Trinajstić information content (AvgIpc) is 2.73. The summed E-state index contributed by atoms with van der Waals surface area (Å²) in [5.41, 5.74) is 2.86. The third-order valence-electron chi connectivity index (χ3n) is 5.50. The standard InChI is InChI=1S/C25H34N2O4S/c1-19(28)21-11-15-23(16-12-21)32(30,31)27(6)17-7-8-24(29)26(5)18-20-9-13-22(14-10-20)25(2,3)4/h9-16H,7-8,17-18H2,1-6H3. The molecule has 0 atom stereocenters. The molecule has 0 aromatic heterocycles. The summed E-state index contributed by atoms with van der Waals surface area (Å²) in [6, 6.07) is 14.2. The van der Waals surface area contributed by atoms with E-state index in [1.807, 2.05) is 12.1 Å². The number of carbonyl (C=O) groups is 2. The molecule has 0 bridgehead atoms. The highest BCUT2D eigenvalue weighted by atomic mass is 32.2. The minimum absolute atomic E-state index is 0.0264. The van der Waals surface area contributed by atoms with Gasteiger partial charge in [0.05, 0.1) is 4.90 Å². The van der Waals surface area contributed by atoms with Crippen LogP contribution in [0.3, 0.4) is 0 Å². The van der Waals surface area contributed by atoms with Gasteiger partial charge in [0, 0.05) is 39.2 Å². The Labute approximate surface area is 192 Å². The van der Waals surface area contributed by atoms with Crippen LogP contribution in [0.15, 0.2) is 53.4 Å². The summed E-state index contributed by atoms with van der Waals surface area (Å²) in [5.74, 6) is -0.142. The molecule has 2 aromatic rings. The predicted molar refractivity (Wildman–Crippen MR) is 127 cm³/mol. The third kappa shape index (κ3) is 6.74. The van der Waals surface area contributed by atoms with E-state index in [2.05, 4.69) is 32.9 Å². The van der Waals surface area contributed by atoms with Gasteiger partial charge in [0.25, 0.3) is 0 Å². The Kier molecular flexibility index (Phi) is 8.37. The van der Waals surface area contributed by atoms with Gasteiger partial charge in [-0.15, -0.1) is 0 Å². The van der Waals surface area contributed by atoms with Crippen molar-refractivity contribution in [3.05, 3.63) is 65.2 Å². The van der Waals surface area contributed by atoms with Crippen molar-refractivity contribution in [3.8, 4) is 0 Å². The number of carbonyl (C=O) groups excluding carboxylic acids is 2. The van der Waals surface area contributed by atoms with Crippen LogP contribution in [-0.2, 0) is 26.8 Å². The number of amides is 1. The second-order valence-electron chi connectivity index (χ2n) is 9.21. The van der Waals surface area contributed by atoms with E-state index < -0.39 is 10.0 Å². The van der Waals surface area contributed by atoms with Crippen LogP contribution in [-0.4, -0.2) is 50.0 Å². The number of hydrogen-bond acceptors (Lipinski definition) is 4. The maximum Gasteiger partial charge on any atom is 0.242 e. The quantitative estimate of drug-likeness (QED) is 0.527. The van der Waals surface area contributed by atoms with Gasteiger partial charge in [0.2, 0.25) is 15.9 Å². The van der Waals surface area contributed by atoms with Gasteiger partial charge in [-0.05, 0) is 42.0 Å². The van der Waals surface area contributed by atoms with Crippen LogP contribution in [0.4, 0.5) is 0 Å². The van der Waals surface area contributed by atoms with Gasteiger partial charge >= 0.3 is 0 Å². The van der Waals surface area contributed by atoms with Crippen LogP contribution < -0.4 is 0 Å². The first-order valence-electron chi connectivity index (χ1n) is 10.7. The van der Waals surface area contributed by atoms with E-state index in [4.69, 9.17) is 0 Å². The molecule has 0 aliphatic rings. The van der Waals surface area contributed by atoms with Crippen molar-refractivity contribution in [1.82, 2.24) is 9.21 Å². The molecule has 7 heteroatoms. The van der Waals surface area contributed by atoms with Gasteiger partial charge in [-0.25, -0.2) is 12.7 Å². The summed E-state index contributed by atoms with van der Waals surface area (Å²) < 4.78 is 26.7. The van der Waals surface area contributed by atoms with Gasteiger partial charge in [0.15, 0.2) is 5.78 Å². The number of sulfonamides is 1. The van der Waals surface area contributed by atoms with Crippen molar-refractivity contribution in [3.63, 3.8) is 0 Å². The molecule has 174 valence electrons. The second-order valence-corrected chi connectivity index (χ2v) is 11.3. The summed E-state index contributed by atoms with van der Waals surface area (Å²) in [6.07, 6.45) is 0.688. The number of hydrogen-bond donors (Lipinski definition) is 0. The van der Waals surface area contributed by atoms with Gasteiger partial charge in [-0.3, -0.25) is 9.59 Å². The first-order chi connectivity index (χ1) is 14.8. The van der Waals surface area contributed by atoms with E-state index >= 15 is 0 Å². The smallest absolute Gasteiger partial charge is 0.242 e. The van der Waals surface area contributed by atoms with Gasteiger partial charge in [-0.2, -0.15) is 0 Å². The number of Topliss-reactive ketones (excluding diaryl/α,β-unsaturated/α-hetero) is 1. The van der Waals surface area contributed by atoms with Crippen molar-refractivity contribution in [2.45, 2.75) is 57.4 Å². The Balaban J connectivity index is 1.87. The molecule has 1 amide bonds. The molecule has 0 fully saturated rings. The zero-order chi connectivity index (χ0) is 24.1. The highest BCUT2D eigenvalue weighted by Gasteiger charge is 2.21. The third-order valence-corrected chi connectivity index (χ3v) is 7.37. The molecule has 0 N–H and O–H groups in total. The Bertz CT molecular complexity index is 1040. The highest BCUT2D eigenvalue weighted by molar-refractivity contribution is 7.89. The minimum Gasteiger partial charge on any atom is -0.341 e. The fourth-order valence-corrected chi connectivity index (χ4v) is 4.49. The number of benzene rings is 2. The van der Waals surface area contributed by atoms with Crippen molar-refractivity contribution >= 4 is 21.7 Å². The van der Waals surface area contributed by atoms with Crippen molar-refractivity contribution in [2.24, 2.45) is 0 Å². The fraction of sp³-hybridized carbons (Fsp3) is 0.440. The van der Waals surface area contributed by atoms with Crippen molar-refractivity contribution in [1.29, 1.82) is 0 Å². The molecule has 0 saturated carbocycles. The first kappa shape index (κ1) is 25.7. The van der Waals surface area contributed by atoms with Crippen LogP contribution in [0.1, 0.15) is 62.0 Å². The number of nitrogens with zero attached hydrogens (tertiary/aromatic N) is 2. The van der Waals surface area contributed by atoms with Crippen LogP contribution in [0.25, 0.3) is 0 Å². The van der Waals surface area contributed by atoms with Crippen molar-refractivity contribution < 1.29 is 18.0 Å². The lowest BCUT2D eigenvalue weighted by molar-refractivity contribution is -0.130. The molecule has 32 heavy (non-hydrogen) atoms. The van der Waals surface area contributed by atoms with Gasteiger partial charge < -0.3 is 4.90 Å². The van der Waals surface area contributed by atoms with Gasteiger partial charge in [0.1, 0.15) is 0 Å². The molecule has 0 spiro atoms. The lowest BCUT2D eigenvalue weighted by atomic mass is 9.87. The summed E-state index contributed by atoms with van der Waals surface area (Å²) in [6.45, 7) is 8.67. The molecule has 0 radical (unpaired) electrons. The summed E-state index contributed by atoms with van der Waals surface area (Å²) in [7, 11) is -0.407. The lowest BCUT2D eigenvalue weighted by Crippen LogP contribution is -2.30. The average molecular weight is 459 g/mol. The minimum atomic E-state index is -3.67. The summed E-state index contributed by atoms with van der Waals surface area (Å²) in [5, 5.41) is 0. The Hall–Kier alpha value is -2.51. The Morgan fingerprint density at radius 1 is 0.906 bits per heavy atom. The molecule has 2 aromatic carbocycles. The predicted octanol–water partition coefficient (Wildman–Crippen LogP) is 4.25. The maximum absolute atomic E-state index is 12.7. The number of rotatable bonds is 9. The zero-order valence-electron chi connectivity index (χ0n) is 19.9. The Morgan fingerprint density at radius 2 is 1.47 bits per heavy atom. The van der Waals surface area contributed by atoms with Crippen molar-refractivity contribution in [2.75, 3.05) is 20.6 Å². The second kappa shape index (κ2) is 10.4. The van der Waals surface area contributed by atoms with E-state index in [0.29, 0.717) is 18.5 Å². The van der Waals surface area contributed by atoms with E-state index in [1.54, 1.807) is 11.9 Å². The van der Waals surface area contributed by atoms with Gasteiger partial charge in [-0.1, -0.05) is 57.2 Å². The molecule has 0 heterocycles. The summed E-state index contributed by atoms with van der Waals surface area (Å²) >= 11 is 0.